The van der Waals surface area contributed by atoms with Crippen molar-refractivity contribution >= 4 is 11.6 Å². The molecule has 20 heavy (non-hydrogen) atoms. The second kappa shape index (κ2) is 7.86. The van der Waals surface area contributed by atoms with Gasteiger partial charge in [0.2, 0.25) is 0 Å². The first-order valence-electron chi connectivity index (χ1n) is 7.38. The van der Waals surface area contributed by atoms with Gasteiger partial charge in [-0.2, -0.15) is 0 Å². The van der Waals surface area contributed by atoms with Crippen LogP contribution in [0.4, 0.5) is 0 Å². The maximum atomic E-state index is 11.3. The molecule has 1 saturated heterocycles. The molecule has 0 radical (unpaired) electrons. The molecule has 0 aromatic heterocycles. The normalized spacial score (nSPS) is 22.4. The third-order valence-corrected chi connectivity index (χ3v) is 3.70. The Hall–Kier alpha value is -0.780. The number of rotatable bonds is 1. The minimum absolute atomic E-state index is 0.157. The summed E-state index contributed by atoms with van der Waals surface area (Å²) in [5, 5.41) is 11.2. The van der Waals surface area contributed by atoms with Crippen LogP contribution in [0.2, 0.25) is 0 Å². The molecule has 5 heteroatoms. The van der Waals surface area contributed by atoms with Crippen LogP contribution in [-0.4, -0.2) is 35.5 Å². The molecule has 2 aliphatic rings. The van der Waals surface area contributed by atoms with Crippen LogP contribution in [0.25, 0.3) is 0 Å². The lowest BCUT2D eigenvalue weighted by Crippen LogP contribution is -2.35. The Kier molecular flexibility index (Phi) is 6.79. The molecule has 1 aliphatic heterocycles. The van der Waals surface area contributed by atoms with Gasteiger partial charge in [-0.15, -0.1) is 0 Å². The van der Waals surface area contributed by atoms with Crippen LogP contribution in [0.3, 0.4) is 0 Å². The number of ketones is 2. The Labute approximate surface area is 121 Å². The minimum Gasteiger partial charge on any atom is -0.317 e. The summed E-state index contributed by atoms with van der Waals surface area (Å²) in [5.74, 6) is 1.27. The van der Waals surface area contributed by atoms with Crippen LogP contribution >= 0.6 is 0 Å². The lowest BCUT2D eigenvalue weighted by Gasteiger charge is -2.32. The monoisotopic (exact) mass is 285 g/mol. The van der Waals surface area contributed by atoms with Gasteiger partial charge in [-0.1, -0.05) is 0 Å². The van der Waals surface area contributed by atoms with Gasteiger partial charge < -0.3 is 5.32 Å². The Bertz CT molecular complexity index is 313. The Balaban J connectivity index is 0.000000286. The first-order valence-corrected chi connectivity index (χ1v) is 7.38. The lowest BCUT2D eigenvalue weighted by molar-refractivity contribution is -0.306. The van der Waals surface area contributed by atoms with Crippen molar-refractivity contribution in [1.29, 1.82) is 0 Å². The number of carbonyl (C=O) groups is 2. The highest BCUT2D eigenvalue weighted by Gasteiger charge is 2.31. The molecule has 2 N–H and O–H groups in total. The van der Waals surface area contributed by atoms with E-state index in [2.05, 4.69) is 10.2 Å². The fourth-order valence-corrected chi connectivity index (χ4v) is 2.67. The first kappa shape index (κ1) is 17.3. The first-order chi connectivity index (χ1) is 9.31. The number of nitrogens with one attached hydrogen (secondary N) is 1. The zero-order valence-corrected chi connectivity index (χ0v) is 12.8. The van der Waals surface area contributed by atoms with E-state index in [4.69, 9.17) is 5.26 Å². The Morgan fingerprint density at radius 1 is 1.05 bits per heavy atom. The third kappa shape index (κ3) is 6.59. The maximum Gasteiger partial charge on any atom is 0.140 e. The summed E-state index contributed by atoms with van der Waals surface area (Å²) in [6.07, 6.45) is 3.75. The average Bonchev–Trinajstić information content (AvgIpc) is 2.38. The van der Waals surface area contributed by atoms with E-state index in [9.17, 15) is 9.59 Å². The molecule has 1 saturated carbocycles. The van der Waals surface area contributed by atoms with Gasteiger partial charge in [-0.3, -0.25) is 14.8 Å². The largest absolute Gasteiger partial charge is 0.317 e. The molecule has 0 aromatic rings. The summed E-state index contributed by atoms with van der Waals surface area (Å²) < 4.78 is 0. The zero-order chi connectivity index (χ0) is 15.2. The van der Waals surface area contributed by atoms with E-state index in [0.717, 1.165) is 25.9 Å². The summed E-state index contributed by atoms with van der Waals surface area (Å²) in [6.45, 7) is 7.40. The van der Waals surface area contributed by atoms with Crippen LogP contribution in [0.1, 0.15) is 52.9 Å². The summed E-state index contributed by atoms with van der Waals surface area (Å²) >= 11 is 0. The van der Waals surface area contributed by atoms with Gasteiger partial charge in [0.15, 0.2) is 0 Å². The van der Waals surface area contributed by atoms with Crippen molar-refractivity contribution < 1.29 is 19.7 Å². The molecule has 1 aliphatic carbocycles. The van der Waals surface area contributed by atoms with Gasteiger partial charge in [0, 0.05) is 12.8 Å². The molecular weight excluding hydrogens is 258 g/mol. The van der Waals surface area contributed by atoms with E-state index in [0.29, 0.717) is 24.7 Å². The van der Waals surface area contributed by atoms with Crippen LogP contribution in [0.5, 0.6) is 0 Å². The van der Waals surface area contributed by atoms with E-state index in [1.54, 1.807) is 20.8 Å². The van der Waals surface area contributed by atoms with E-state index in [1.165, 1.54) is 0 Å². The SMILES string of the molecule is CC(C)(C)OO.O=C1CC(=O)CC(C2CCNCC2)C1. The summed E-state index contributed by atoms with van der Waals surface area (Å²) in [5.41, 5.74) is -0.403. The zero-order valence-electron chi connectivity index (χ0n) is 12.8. The van der Waals surface area contributed by atoms with Crippen LogP contribution < -0.4 is 5.32 Å². The van der Waals surface area contributed by atoms with Gasteiger partial charge in [-0.25, -0.2) is 4.89 Å². The molecule has 116 valence electrons. The molecule has 0 spiro atoms. The minimum atomic E-state index is -0.403. The van der Waals surface area contributed by atoms with E-state index in [-0.39, 0.29) is 18.0 Å². The van der Waals surface area contributed by atoms with Crippen molar-refractivity contribution in [3.63, 3.8) is 0 Å². The fraction of sp³-hybridized carbons (Fsp3) is 0.867. The maximum absolute atomic E-state index is 11.3. The van der Waals surface area contributed by atoms with Gasteiger partial charge in [0.25, 0.3) is 0 Å². The molecule has 0 unspecified atom stereocenters. The molecule has 0 atom stereocenters. The molecule has 1 heterocycles. The summed E-state index contributed by atoms with van der Waals surface area (Å²) in [6, 6.07) is 0. The summed E-state index contributed by atoms with van der Waals surface area (Å²) in [4.78, 5) is 26.5. The van der Waals surface area contributed by atoms with Crippen molar-refractivity contribution in [1.82, 2.24) is 5.32 Å². The second-order valence-electron chi connectivity index (χ2n) is 6.71. The van der Waals surface area contributed by atoms with Crippen LogP contribution in [-0.2, 0) is 14.5 Å². The number of carbonyl (C=O) groups excluding carboxylic acids is 2. The van der Waals surface area contributed by atoms with Crippen molar-refractivity contribution in [3.8, 4) is 0 Å². The second-order valence-corrected chi connectivity index (χ2v) is 6.71. The summed E-state index contributed by atoms with van der Waals surface area (Å²) in [7, 11) is 0. The van der Waals surface area contributed by atoms with Crippen molar-refractivity contribution in [3.05, 3.63) is 0 Å². The van der Waals surface area contributed by atoms with Gasteiger partial charge in [0.05, 0.1) is 12.0 Å². The van der Waals surface area contributed by atoms with Crippen LogP contribution in [0, 0.1) is 11.8 Å². The Morgan fingerprint density at radius 3 is 1.90 bits per heavy atom. The molecule has 5 nitrogen and oxygen atoms in total. The highest BCUT2D eigenvalue weighted by atomic mass is 17.1. The topological polar surface area (TPSA) is 75.6 Å². The number of piperidine rings is 1. The van der Waals surface area contributed by atoms with Crippen molar-refractivity contribution in [2.24, 2.45) is 11.8 Å². The molecular formula is C15H27NO4. The average molecular weight is 285 g/mol. The molecule has 0 aromatic carbocycles. The van der Waals surface area contributed by atoms with Gasteiger partial charge >= 0.3 is 0 Å². The predicted molar refractivity (Wildman–Crippen MR) is 76.4 cm³/mol. The van der Waals surface area contributed by atoms with Crippen LogP contribution in [0.15, 0.2) is 0 Å². The molecule has 0 bridgehead atoms. The van der Waals surface area contributed by atoms with Crippen molar-refractivity contribution in [2.75, 3.05) is 13.1 Å². The quantitative estimate of drug-likeness (QED) is 0.439. The fourth-order valence-electron chi connectivity index (χ4n) is 2.67. The third-order valence-electron chi connectivity index (χ3n) is 3.70. The molecule has 2 fully saturated rings. The number of hydrogen-bond acceptors (Lipinski definition) is 5. The number of Topliss-reactive ketones (excluding diaryl/α,β-unsaturated/α-hetero) is 2. The number of hydrogen-bond donors (Lipinski definition) is 2. The van der Waals surface area contributed by atoms with Crippen molar-refractivity contribution in [2.45, 2.75) is 58.5 Å². The predicted octanol–water partition coefficient (Wildman–Crippen LogP) is 2.20. The highest BCUT2D eigenvalue weighted by molar-refractivity contribution is 6.01. The molecule has 0 amide bonds. The smallest absolute Gasteiger partial charge is 0.140 e. The standard InChI is InChI=1S/C11H17NO2.C4H10O2/c13-10-5-9(6-11(14)7-10)8-1-3-12-4-2-8;1-4(2,3)6-5/h8-9,12H,1-7H2;5H,1-3H3. The van der Waals surface area contributed by atoms with Gasteiger partial charge in [0.1, 0.15) is 11.6 Å². The highest BCUT2D eigenvalue weighted by Crippen LogP contribution is 2.31. The van der Waals surface area contributed by atoms with E-state index in [1.807, 2.05) is 0 Å². The van der Waals surface area contributed by atoms with E-state index < -0.39 is 5.60 Å². The van der Waals surface area contributed by atoms with E-state index >= 15 is 0 Å². The Morgan fingerprint density at radius 2 is 1.50 bits per heavy atom. The van der Waals surface area contributed by atoms with Gasteiger partial charge in [-0.05, 0) is 58.5 Å². The molecule has 2 rings (SSSR count). The lowest BCUT2D eigenvalue weighted by atomic mass is 9.75.